The Bertz CT molecular complexity index is 434. The van der Waals surface area contributed by atoms with Crippen LogP contribution >= 0.6 is 0 Å². The fraction of sp³-hybridized carbons (Fsp3) is 0.308. The van der Waals surface area contributed by atoms with Crippen molar-refractivity contribution in [3.05, 3.63) is 29.3 Å². The molecule has 0 N–H and O–H groups in total. The van der Waals surface area contributed by atoms with E-state index in [0.29, 0.717) is 11.5 Å². The van der Waals surface area contributed by atoms with Crippen molar-refractivity contribution in [2.45, 2.75) is 12.8 Å². The van der Waals surface area contributed by atoms with E-state index in [1.807, 2.05) is 0 Å². The minimum Gasteiger partial charge on any atom is -0.497 e. The van der Waals surface area contributed by atoms with E-state index in [1.165, 1.54) is 12.8 Å². The lowest BCUT2D eigenvalue weighted by molar-refractivity contribution is 0.112. The van der Waals surface area contributed by atoms with E-state index in [4.69, 9.17) is 4.74 Å². The summed E-state index contributed by atoms with van der Waals surface area (Å²) in [6.45, 7) is 0. The zero-order chi connectivity index (χ0) is 10.7. The van der Waals surface area contributed by atoms with Gasteiger partial charge in [-0.05, 0) is 31.0 Å². The third kappa shape index (κ3) is 2.38. The first-order valence-corrected chi connectivity index (χ1v) is 4.98. The van der Waals surface area contributed by atoms with E-state index in [2.05, 4.69) is 11.8 Å². The molecule has 2 heteroatoms. The Morgan fingerprint density at radius 2 is 2.27 bits per heavy atom. The fourth-order valence-corrected chi connectivity index (χ4v) is 1.28. The maximum atomic E-state index is 10.8. The maximum Gasteiger partial charge on any atom is 0.151 e. The first-order chi connectivity index (χ1) is 7.33. The highest BCUT2D eigenvalue weighted by Crippen LogP contribution is 2.27. The molecule has 76 valence electrons. The van der Waals surface area contributed by atoms with Gasteiger partial charge in [-0.25, -0.2) is 0 Å². The summed E-state index contributed by atoms with van der Waals surface area (Å²) < 4.78 is 5.09. The minimum absolute atomic E-state index is 0.538. The van der Waals surface area contributed by atoms with E-state index in [0.717, 1.165) is 17.6 Å². The van der Waals surface area contributed by atoms with Crippen LogP contribution in [0.2, 0.25) is 0 Å². The number of carbonyl (C=O) groups is 1. The summed E-state index contributed by atoms with van der Waals surface area (Å²) >= 11 is 0. The predicted octanol–water partition coefficient (Wildman–Crippen LogP) is 2.27. The molecule has 1 saturated carbocycles. The first-order valence-electron chi connectivity index (χ1n) is 4.98. The molecule has 1 aromatic carbocycles. The molecular formula is C13H12O2. The number of rotatable bonds is 2. The van der Waals surface area contributed by atoms with Crippen molar-refractivity contribution in [2.75, 3.05) is 7.11 Å². The van der Waals surface area contributed by atoms with E-state index in [-0.39, 0.29) is 0 Å². The highest BCUT2D eigenvalue weighted by molar-refractivity contribution is 5.80. The molecule has 0 radical (unpaired) electrons. The molecule has 0 bridgehead atoms. The van der Waals surface area contributed by atoms with Gasteiger partial charge in [-0.3, -0.25) is 4.79 Å². The molecule has 2 rings (SSSR count). The van der Waals surface area contributed by atoms with Crippen LogP contribution in [-0.4, -0.2) is 13.4 Å². The molecule has 0 saturated heterocycles. The highest BCUT2D eigenvalue weighted by atomic mass is 16.5. The maximum absolute atomic E-state index is 10.8. The minimum atomic E-state index is 0.538. The van der Waals surface area contributed by atoms with Crippen LogP contribution in [0.15, 0.2) is 18.2 Å². The molecule has 0 heterocycles. The van der Waals surface area contributed by atoms with Gasteiger partial charge in [0.15, 0.2) is 6.29 Å². The van der Waals surface area contributed by atoms with Gasteiger partial charge < -0.3 is 4.74 Å². The molecule has 1 aromatic rings. The lowest BCUT2D eigenvalue weighted by Gasteiger charge is -2.01. The van der Waals surface area contributed by atoms with Gasteiger partial charge in [0, 0.05) is 17.0 Å². The number of benzene rings is 1. The number of carbonyl (C=O) groups excluding carboxylic acids is 1. The highest BCUT2D eigenvalue weighted by Gasteiger charge is 2.17. The Morgan fingerprint density at radius 3 is 2.87 bits per heavy atom. The third-order valence-corrected chi connectivity index (χ3v) is 2.38. The van der Waals surface area contributed by atoms with Crippen molar-refractivity contribution >= 4 is 6.29 Å². The van der Waals surface area contributed by atoms with Gasteiger partial charge in [-0.15, -0.1) is 0 Å². The smallest absolute Gasteiger partial charge is 0.151 e. The van der Waals surface area contributed by atoms with Gasteiger partial charge >= 0.3 is 0 Å². The fourth-order valence-electron chi connectivity index (χ4n) is 1.28. The second-order valence-corrected chi connectivity index (χ2v) is 3.61. The molecule has 0 atom stereocenters. The summed E-state index contributed by atoms with van der Waals surface area (Å²) in [5.74, 6) is 7.45. The molecule has 1 fully saturated rings. The molecule has 2 nitrogen and oxygen atoms in total. The van der Waals surface area contributed by atoms with Gasteiger partial charge in [0.25, 0.3) is 0 Å². The topological polar surface area (TPSA) is 26.3 Å². The zero-order valence-electron chi connectivity index (χ0n) is 8.62. The van der Waals surface area contributed by atoms with Crippen LogP contribution in [0, 0.1) is 17.8 Å². The average molecular weight is 200 g/mol. The Morgan fingerprint density at radius 1 is 1.47 bits per heavy atom. The van der Waals surface area contributed by atoms with Crippen molar-refractivity contribution in [2.24, 2.45) is 5.92 Å². The average Bonchev–Trinajstić information content (AvgIpc) is 3.09. The lowest BCUT2D eigenvalue weighted by Crippen LogP contribution is -1.90. The van der Waals surface area contributed by atoms with Gasteiger partial charge in [0.1, 0.15) is 5.75 Å². The van der Waals surface area contributed by atoms with Gasteiger partial charge in [0.2, 0.25) is 0 Å². The normalized spacial score (nSPS) is 13.9. The summed E-state index contributed by atoms with van der Waals surface area (Å²) in [7, 11) is 1.61. The zero-order valence-corrected chi connectivity index (χ0v) is 8.62. The largest absolute Gasteiger partial charge is 0.497 e. The van der Waals surface area contributed by atoms with Crippen molar-refractivity contribution in [1.29, 1.82) is 0 Å². The summed E-state index contributed by atoms with van der Waals surface area (Å²) in [6.07, 6.45) is 3.21. The van der Waals surface area contributed by atoms with Crippen molar-refractivity contribution in [3.8, 4) is 17.6 Å². The summed E-state index contributed by atoms with van der Waals surface area (Å²) in [5, 5.41) is 0. The second kappa shape index (κ2) is 4.18. The van der Waals surface area contributed by atoms with Crippen molar-refractivity contribution < 1.29 is 9.53 Å². The Labute approximate surface area is 89.3 Å². The van der Waals surface area contributed by atoms with E-state index in [1.54, 1.807) is 25.3 Å². The van der Waals surface area contributed by atoms with Crippen LogP contribution in [0.25, 0.3) is 0 Å². The van der Waals surface area contributed by atoms with Crippen LogP contribution in [0.4, 0.5) is 0 Å². The second-order valence-electron chi connectivity index (χ2n) is 3.61. The third-order valence-electron chi connectivity index (χ3n) is 2.38. The first kappa shape index (κ1) is 9.79. The lowest BCUT2D eigenvalue weighted by atomic mass is 10.1. The van der Waals surface area contributed by atoms with Crippen LogP contribution in [0.3, 0.4) is 0 Å². The molecule has 0 aliphatic heterocycles. The van der Waals surface area contributed by atoms with Gasteiger partial charge in [-0.1, -0.05) is 11.8 Å². The predicted molar refractivity (Wildman–Crippen MR) is 58.0 cm³/mol. The Balaban J connectivity index is 2.33. The number of hydrogen-bond donors (Lipinski definition) is 0. The quantitative estimate of drug-likeness (QED) is 0.540. The van der Waals surface area contributed by atoms with Crippen LogP contribution in [0.1, 0.15) is 28.8 Å². The Hall–Kier alpha value is -1.75. The molecule has 0 amide bonds. The summed E-state index contributed by atoms with van der Waals surface area (Å²) in [5.41, 5.74) is 1.39. The summed E-state index contributed by atoms with van der Waals surface area (Å²) in [4.78, 5) is 10.8. The molecule has 1 aliphatic carbocycles. The number of methoxy groups -OCH3 is 1. The molecule has 1 aliphatic rings. The van der Waals surface area contributed by atoms with E-state index >= 15 is 0 Å². The van der Waals surface area contributed by atoms with Crippen LogP contribution in [0.5, 0.6) is 5.75 Å². The number of ether oxygens (including phenoxy) is 1. The molecule has 0 aromatic heterocycles. The SMILES string of the molecule is COc1ccc(C=O)c(C#CC2CC2)c1. The van der Waals surface area contributed by atoms with E-state index < -0.39 is 0 Å². The number of hydrogen-bond acceptors (Lipinski definition) is 2. The Kier molecular flexibility index (Phi) is 2.73. The summed E-state index contributed by atoms with van der Waals surface area (Å²) in [6, 6.07) is 5.31. The molecule has 15 heavy (non-hydrogen) atoms. The standard InChI is InChI=1S/C13H12O2/c1-15-13-7-6-12(9-14)11(8-13)5-4-10-2-3-10/h6-10H,2-3H2,1H3. The van der Waals surface area contributed by atoms with Gasteiger partial charge in [0.05, 0.1) is 7.11 Å². The molecular weight excluding hydrogens is 188 g/mol. The van der Waals surface area contributed by atoms with Crippen LogP contribution in [-0.2, 0) is 0 Å². The monoisotopic (exact) mass is 200 g/mol. The molecule has 0 spiro atoms. The van der Waals surface area contributed by atoms with Gasteiger partial charge in [-0.2, -0.15) is 0 Å². The van der Waals surface area contributed by atoms with Crippen LogP contribution < -0.4 is 4.74 Å². The number of aldehydes is 1. The van der Waals surface area contributed by atoms with Crippen molar-refractivity contribution in [1.82, 2.24) is 0 Å². The van der Waals surface area contributed by atoms with E-state index in [9.17, 15) is 4.79 Å². The van der Waals surface area contributed by atoms with Crippen molar-refractivity contribution in [3.63, 3.8) is 0 Å². The molecule has 0 unspecified atom stereocenters.